The Balaban J connectivity index is 1.74. The zero-order valence-electron chi connectivity index (χ0n) is 23.8. The van der Waals surface area contributed by atoms with Crippen molar-refractivity contribution >= 4 is 49.2 Å². The van der Waals surface area contributed by atoms with Gasteiger partial charge in [0.1, 0.15) is 12.6 Å². The molecule has 0 bridgehead atoms. The van der Waals surface area contributed by atoms with E-state index in [1.54, 1.807) is 18.2 Å². The Morgan fingerprint density at radius 3 is 2.24 bits per heavy atom. The molecule has 0 radical (unpaired) electrons. The summed E-state index contributed by atoms with van der Waals surface area (Å²) >= 11 is 3.48. The minimum atomic E-state index is -3.93. The van der Waals surface area contributed by atoms with Gasteiger partial charge >= 0.3 is 0 Å². The number of rotatable bonds is 12. The maximum absolute atomic E-state index is 14.2. The number of carbonyl (C=O) groups is 3. The number of Topliss-reactive ketones (excluding diaryl/α,β-unsaturated/α-hetero) is 1. The molecule has 0 heterocycles. The first kappa shape index (κ1) is 31.4. The van der Waals surface area contributed by atoms with Crippen LogP contribution in [0.3, 0.4) is 0 Å². The fraction of sp³-hybridized carbons (Fsp3) is 0.344. The molecule has 1 aliphatic rings. The van der Waals surface area contributed by atoms with Gasteiger partial charge in [0.25, 0.3) is 0 Å². The molecule has 222 valence electrons. The van der Waals surface area contributed by atoms with Crippen LogP contribution < -0.4 is 9.62 Å². The molecule has 3 aromatic carbocycles. The number of sulfonamides is 1. The van der Waals surface area contributed by atoms with Crippen molar-refractivity contribution in [2.24, 2.45) is 0 Å². The predicted molar refractivity (Wildman–Crippen MR) is 168 cm³/mol. The van der Waals surface area contributed by atoms with Crippen LogP contribution in [0.4, 0.5) is 5.69 Å². The average molecular weight is 655 g/mol. The lowest BCUT2D eigenvalue weighted by Crippen LogP contribution is -2.54. The second-order valence-corrected chi connectivity index (χ2v) is 13.5. The summed E-state index contributed by atoms with van der Waals surface area (Å²) in [4.78, 5) is 41.6. The molecule has 0 unspecified atom stereocenters. The third-order valence-corrected chi connectivity index (χ3v) is 9.07. The number of anilines is 1. The SMILES string of the molecule is CC(=O)c1cccc(N(CC(=O)N(Cc2cccc(Br)c2)[C@H](Cc2ccccc2)C(=O)NC2CCCC2)S(C)(=O)=O)c1. The van der Waals surface area contributed by atoms with Crippen LogP contribution in [0.2, 0.25) is 0 Å². The Morgan fingerprint density at radius 1 is 0.929 bits per heavy atom. The summed E-state index contributed by atoms with van der Waals surface area (Å²) < 4.78 is 27.8. The monoisotopic (exact) mass is 653 g/mol. The fourth-order valence-electron chi connectivity index (χ4n) is 5.25. The Kier molecular flexibility index (Phi) is 10.6. The first-order chi connectivity index (χ1) is 20.0. The van der Waals surface area contributed by atoms with Gasteiger partial charge in [-0.05, 0) is 55.2 Å². The minimum absolute atomic E-state index is 0.0421. The normalized spacial score (nSPS) is 14.3. The first-order valence-electron chi connectivity index (χ1n) is 14.0. The maximum Gasteiger partial charge on any atom is 0.244 e. The number of amides is 2. The quantitative estimate of drug-likeness (QED) is 0.274. The third-order valence-electron chi connectivity index (χ3n) is 7.43. The van der Waals surface area contributed by atoms with Gasteiger partial charge in [-0.15, -0.1) is 0 Å². The predicted octanol–water partition coefficient (Wildman–Crippen LogP) is 5.12. The number of benzene rings is 3. The smallest absolute Gasteiger partial charge is 0.244 e. The largest absolute Gasteiger partial charge is 0.352 e. The Hall–Kier alpha value is -3.50. The van der Waals surface area contributed by atoms with Gasteiger partial charge in [-0.1, -0.05) is 83.4 Å². The van der Waals surface area contributed by atoms with Crippen LogP contribution in [-0.2, 0) is 32.6 Å². The summed E-state index contributed by atoms with van der Waals surface area (Å²) in [5, 5.41) is 3.16. The van der Waals surface area contributed by atoms with Crippen LogP contribution in [0.15, 0.2) is 83.3 Å². The zero-order chi connectivity index (χ0) is 30.3. The Labute approximate surface area is 256 Å². The maximum atomic E-state index is 14.2. The van der Waals surface area contributed by atoms with E-state index in [0.717, 1.165) is 51.8 Å². The highest BCUT2D eigenvalue weighted by Gasteiger charge is 2.34. The molecule has 8 nitrogen and oxygen atoms in total. The summed E-state index contributed by atoms with van der Waals surface area (Å²) in [5.74, 6) is -1.02. The van der Waals surface area contributed by atoms with Crippen molar-refractivity contribution in [1.82, 2.24) is 10.2 Å². The van der Waals surface area contributed by atoms with Crippen molar-refractivity contribution < 1.29 is 22.8 Å². The highest BCUT2D eigenvalue weighted by Crippen LogP contribution is 2.24. The molecule has 1 fully saturated rings. The van der Waals surface area contributed by atoms with Crippen molar-refractivity contribution in [1.29, 1.82) is 0 Å². The third kappa shape index (κ3) is 8.51. The summed E-state index contributed by atoms with van der Waals surface area (Å²) in [6, 6.07) is 22.3. The van der Waals surface area contributed by atoms with E-state index < -0.39 is 28.5 Å². The first-order valence-corrected chi connectivity index (χ1v) is 16.6. The second kappa shape index (κ2) is 14.1. The molecule has 0 spiro atoms. The molecule has 1 N–H and O–H groups in total. The van der Waals surface area contributed by atoms with Gasteiger partial charge in [0.2, 0.25) is 21.8 Å². The highest BCUT2D eigenvalue weighted by atomic mass is 79.9. The lowest BCUT2D eigenvalue weighted by Gasteiger charge is -2.34. The van der Waals surface area contributed by atoms with Gasteiger partial charge in [-0.25, -0.2) is 8.42 Å². The van der Waals surface area contributed by atoms with E-state index >= 15 is 0 Å². The molecular weight excluding hydrogens is 618 g/mol. The molecule has 42 heavy (non-hydrogen) atoms. The van der Waals surface area contributed by atoms with Gasteiger partial charge < -0.3 is 10.2 Å². The summed E-state index contributed by atoms with van der Waals surface area (Å²) in [5.41, 5.74) is 2.20. The number of ketones is 1. The molecule has 2 amide bonds. The zero-order valence-corrected chi connectivity index (χ0v) is 26.2. The standard InChI is InChI=1S/C32H36BrN3O5S/c1-23(37)26-13-9-17-29(20-26)36(42(2,40)41)22-31(38)35(21-25-12-8-14-27(33)18-25)30(19-24-10-4-3-5-11-24)32(39)34-28-15-6-7-16-28/h3-5,8-14,17-18,20,28,30H,6-7,15-16,19,21-22H2,1-2H3,(H,34,39)/t30-/m1/s1. The van der Waals surface area contributed by atoms with Crippen LogP contribution >= 0.6 is 15.9 Å². The van der Waals surface area contributed by atoms with E-state index in [2.05, 4.69) is 21.2 Å². The molecule has 10 heteroatoms. The van der Waals surface area contributed by atoms with Crippen LogP contribution in [0.5, 0.6) is 0 Å². The van der Waals surface area contributed by atoms with Gasteiger partial charge in [-0.3, -0.25) is 18.7 Å². The summed E-state index contributed by atoms with van der Waals surface area (Å²) in [6.45, 7) is 0.959. The van der Waals surface area contributed by atoms with E-state index in [-0.39, 0.29) is 36.4 Å². The van der Waals surface area contributed by atoms with Gasteiger partial charge in [-0.2, -0.15) is 0 Å². The van der Waals surface area contributed by atoms with Crippen molar-refractivity contribution in [2.45, 2.75) is 57.7 Å². The van der Waals surface area contributed by atoms with Gasteiger partial charge in [0.05, 0.1) is 11.9 Å². The van der Waals surface area contributed by atoms with E-state index in [4.69, 9.17) is 0 Å². The van der Waals surface area contributed by atoms with Gasteiger partial charge in [0.15, 0.2) is 5.78 Å². The number of hydrogen-bond donors (Lipinski definition) is 1. The fourth-order valence-corrected chi connectivity index (χ4v) is 6.54. The summed E-state index contributed by atoms with van der Waals surface area (Å²) in [6.07, 6.45) is 5.14. The Bertz CT molecular complexity index is 1520. The second-order valence-electron chi connectivity index (χ2n) is 10.7. The molecule has 0 aromatic heterocycles. The topological polar surface area (TPSA) is 104 Å². The Morgan fingerprint density at radius 2 is 1.60 bits per heavy atom. The highest BCUT2D eigenvalue weighted by molar-refractivity contribution is 9.10. The summed E-state index contributed by atoms with van der Waals surface area (Å²) in [7, 11) is -3.93. The van der Waals surface area contributed by atoms with Crippen molar-refractivity contribution in [3.8, 4) is 0 Å². The van der Waals surface area contributed by atoms with Crippen LogP contribution in [0.25, 0.3) is 0 Å². The number of halogens is 1. The number of hydrogen-bond acceptors (Lipinski definition) is 5. The van der Waals surface area contributed by atoms with Crippen LogP contribution in [-0.4, -0.2) is 55.8 Å². The van der Waals surface area contributed by atoms with Crippen molar-refractivity contribution in [2.75, 3.05) is 17.1 Å². The van der Waals surface area contributed by atoms with Crippen molar-refractivity contribution in [3.63, 3.8) is 0 Å². The molecule has 1 saturated carbocycles. The van der Waals surface area contributed by atoms with E-state index in [1.807, 2.05) is 54.6 Å². The molecule has 3 aromatic rings. The van der Waals surface area contributed by atoms with Crippen LogP contribution in [0.1, 0.15) is 54.1 Å². The number of nitrogens with one attached hydrogen (secondary N) is 1. The van der Waals surface area contributed by atoms with E-state index in [0.29, 0.717) is 5.56 Å². The molecule has 1 aliphatic carbocycles. The molecule has 0 saturated heterocycles. The van der Waals surface area contributed by atoms with Crippen LogP contribution in [0, 0.1) is 0 Å². The molecular formula is C32H36BrN3O5S. The average Bonchev–Trinajstić information content (AvgIpc) is 3.46. The molecule has 1 atom stereocenters. The van der Waals surface area contributed by atoms with E-state index in [1.165, 1.54) is 17.9 Å². The molecule has 4 rings (SSSR count). The minimum Gasteiger partial charge on any atom is -0.352 e. The lowest BCUT2D eigenvalue weighted by atomic mass is 10.0. The number of nitrogens with zero attached hydrogens (tertiary/aromatic N) is 2. The van der Waals surface area contributed by atoms with Crippen molar-refractivity contribution in [3.05, 3.63) is 100 Å². The van der Waals surface area contributed by atoms with Gasteiger partial charge in [0, 0.05) is 29.0 Å². The number of carbonyl (C=O) groups excluding carboxylic acids is 3. The lowest BCUT2D eigenvalue weighted by molar-refractivity contribution is -0.140. The molecule has 0 aliphatic heterocycles. The van der Waals surface area contributed by atoms with E-state index in [9.17, 15) is 22.8 Å².